The fourth-order valence-corrected chi connectivity index (χ4v) is 4.92. The lowest BCUT2D eigenvalue weighted by Crippen LogP contribution is -2.45. The molecule has 0 radical (unpaired) electrons. The predicted octanol–water partition coefficient (Wildman–Crippen LogP) is 3.01. The molecule has 1 aliphatic heterocycles. The number of methoxy groups -OCH3 is 2. The molecule has 0 spiro atoms. The molecule has 0 aliphatic carbocycles. The molecule has 1 fully saturated rings. The zero-order chi connectivity index (χ0) is 24.8. The highest BCUT2D eigenvalue weighted by molar-refractivity contribution is 7.17. The minimum Gasteiger partial charge on any atom is -0.493 e. The summed E-state index contributed by atoms with van der Waals surface area (Å²) < 4.78 is 15.7. The number of likely N-dealkylation sites (tertiary alicyclic amines) is 1. The molecule has 0 N–H and O–H groups in total. The summed E-state index contributed by atoms with van der Waals surface area (Å²) in [7, 11) is 4.75. The van der Waals surface area contributed by atoms with Crippen LogP contribution in [0.25, 0.3) is 10.6 Å². The molecule has 2 amide bonds. The fraction of sp³-hybridized carbons (Fsp3) is 0.500. The summed E-state index contributed by atoms with van der Waals surface area (Å²) in [6, 6.07) is 5.47. The van der Waals surface area contributed by atoms with E-state index in [1.54, 1.807) is 46.1 Å². The molecule has 184 valence electrons. The van der Waals surface area contributed by atoms with Crippen molar-refractivity contribution in [3.8, 4) is 22.1 Å². The van der Waals surface area contributed by atoms with Gasteiger partial charge in [0, 0.05) is 25.7 Å². The summed E-state index contributed by atoms with van der Waals surface area (Å²) in [4.78, 5) is 45.9. The Kier molecular flexibility index (Phi) is 8.49. The molecule has 34 heavy (non-hydrogen) atoms. The molecule has 0 bridgehead atoms. The highest BCUT2D eigenvalue weighted by atomic mass is 32.1. The molecule has 0 saturated carbocycles. The monoisotopic (exact) mass is 489 g/mol. The Labute approximate surface area is 203 Å². The summed E-state index contributed by atoms with van der Waals surface area (Å²) in [6.45, 7) is 4.84. The number of rotatable bonds is 8. The van der Waals surface area contributed by atoms with E-state index < -0.39 is 0 Å². The number of aryl methyl sites for hydroxylation is 1. The average molecular weight is 490 g/mol. The lowest BCUT2D eigenvalue weighted by Gasteiger charge is -2.32. The van der Waals surface area contributed by atoms with Crippen LogP contribution in [-0.2, 0) is 14.3 Å². The summed E-state index contributed by atoms with van der Waals surface area (Å²) >= 11 is 1.28. The minimum absolute atomic E-state index is 0.0358. The van der Waals surface area contributed by atoms with Gasteiger partial charge in [-0.2, -0.15) is 0 Å². The fourth-order valence-electron chi connectivity index (χ4n) is 3.86. The Hall–Kier alpha value is -3.14. The first-order valence-corrected chi connectivity index (χ1v) is 12.0. The molecular formula is C24H31N3O6S. The molecular weight excluding hydrogens is 458 g/mol. The zero-order valence-electron chi connectivity index (χ0n) is 20.3. The van der Waals surface area contributed by atoms with Gasteiger partial charge in [0.2, 0.25) is 5.91 Å². The molecule has 0 unspecified atom stereocenters. The number of benzene rings is 1. The Morgan fingerprint density at radius 3 is 2.44 bits per heavy atom. The van der Waals surface area contributed by atoms with Crippen molar-refractivity contribution in [2.75, 3.05) is 47.5 Å². The molecule has 1 aliphatic rings. The second-order valence-electron chi connectivity index (χ2n) is 8.07. The van der Waals surface area contributed by atoms with Gasteiger partial charge in [-0.1, -0.05) is 0 Å². The largest absolute Gasteiger partial charge is 0.493 e. The van der Waals surface area contributed by atoms with Crippen LogP contribution in [0.5, 0.6) is 11.5 Å². The lowest BCUT2D eigenvalue weighted by atomic mass is 9.97. The van der Waals surface area contributed by atoms with E-state index in [0.717, 1.165) is 5.56 Å². The van der Waals surface area contributed by atoms with Crippen molar-refractivity contribution in [1.82, 2.24) is 14.8 Å². The topological polar surface area (TPSA) is 98.3 Å². The number of aromatic nitrogens is 1. The quantitative estimate of drug-likeness (QED) is 0.526. The Balaban J connectivity index is 1.63. The van der Waals surface area contributed by atoms with Gasteiger partial charge in [0.25, 0.3) is 5.91 Å². The van der Waals surface area contributed by atoms with E-state index >= 15 is 0 Å². The summed E-state index contributed by atoms with van der Waals surface area (Å²) in [5.41, 5.74) is 1.42. The maximum Gasteiger partial charge on any atom is 0.309 e. The number of carbonyl (C=O) groups is 3. The van der Waals surface area contributed by atoms with E-state index in [9.17, 15) is 14.4 Å². The smallest absolute Gasteiger partial charge is 0.309 e. The average Bonchev–Trinajstić information content (AvgIpc) is 3.24. The lowest BCUT2D eigenvalue weighted by molar-refractivity contribution is -0.151. The third-order valence-corrected chi connectivity index (χ3v) is 7.00. The maximum absolute atomic E-state index is 13.1. The van der Waals surface area contributed by atoms with Gasteiger partial charge in [0.1, 0.15) is 9.88 Å². The van der Waals surface area contributed by atoms with Crippen LogP contribution in [0.4, 0.5) is 0 Å². The van der Waals surface area contributed by atoms with Gasteiger partial charge in [-0.15, -0.1) is 11.3 Å². The third kappa shape index (κ3) is 5.67. The van der Waals surface area contributed by atoms with Crippen molar-refractivity contribution in [3.05, 3.63) is 28.8 Å². The van der Waals surface area contributed by atoms with E-state index in [1.165, 1.54) is 16.2 Å². The summed E-state index contributed by atoms with van der Waals surface area (Å²) in [6.07, 6.45) is 1.15. The Bertz CT molecular complexity index is 1050. The van der Waals surface area contributed by atoms with Crippen LogP contribution in [0, 0.1) is 12.8 Å². The molecule has 9 nitrogen and oxygen atoms in total. The first-order chi connectivity index (χ1) is 16.3. The van der Waals surface area contributed by atoms with Crippen LogP contribution in [0.3, 0.4) is 0 Å². The molecule has 1 saturated heterocycles. The van der Waals surface area contributed by atoms with Gasteiger partial charge >= 0.3 is 5.97 Å². The second kappa shape index (κ2) is 11.3. The van der Waals surface area contributed by atoms with Crippen molar-refractivity contribution in [2.24, 2.45) is 5.92 Å². The predicted molar refractivity (Wildman–Crippen MR) is 128 cm³/mol. The molecule has 2 heterocycles. The number of carbonyl (C=O) groups excluding carboxylic acids is 3. The first kappa shape index (κ1) is 25.5. The van der Waals surface area contributed by atoms with Gasteiger partial charge in [-0.05, 0) is 44.9 Å². The van der Waals surface area contributed by atoms with E-state index in [2.05, 4.69) is 4.98 Å². The van der Waals surface area contributed by atoms with Gasteiger partial charge < -0.3 is 24.0 Å². The third-order valence-electron chi connectivity index (χ3n) is 5.81. The molecule has 2 aromatic rings. The van der Waals surface area contributed by atoms with Crippen LogP contribution in [-0.4, -0.2) is 80.1 Å². The zero-order valence-corrected chi connectivity index (χ0v) is 21.1. The minimum atomic E-state index is -0.253. The van der Waals surface area contributed by atoms with Crippen molar-refractivity contribution in [2.45, 2.75) is 26.7 Å². The SMILES string of the molecule is CCOC(=O)C1CCN(C(=O)CN(C)C(=O)c2sc(-c3ccc(OC)c(OC)c3)nc2C)CC1. The van der Waals surface area contributed by atoms with Crippen molar-refractivity contribution < 1.29 is 28.6 Å². The highest BCUT2D eigenvalue weighted by Gasteiger charge is 2.29. The normalized spacial score (nSPS) is 14.0. The number of piperidine rings is 1. The number of esters is 1. The number of thiazole rings is 1. The van der Waals surface area contributed by atoms with E-state index in [1.807, 2.05) is 12.1 Å². The van der Waals surface area contributed by atoms with Crippen molar-refractivity contribution in [3.63, 3.8) is 0 Å². The second-order valence-corrected chi connectivity index (χ2v) is 9.07. The van der Waals surface area contributed by atoms with E-state index in [0.29, 0.717) is 59.6 Å². The number of hydrogen-bond donors (Lipinski definition) is 0. The van der Waals surface area contributed by atoms with Crippen LogP contribution in [0.1, 0.15) is 35.1 Å². The van der Waals surface area contributed by atoms with Crippen molar-refractivity contribution in [1.29, 1.82) is 0 Å². The van der Waals surface area contributed by atoms with Gasteiger partial charge in [-0.3, -0.25) is 14.4 Å². The molecule has 0 atom stereocenters. The number of nitrogens with zero attached hydrogens (tertiary/aromatic N) is 3. The van der Waals surface area contributed by atoms with Crippen molar-refractivity contribution >= 4 is 29.1 Å². The number of ether oxygens (including phenoxy) is 3. The standard InChI is InChI=1S/C24H31N3O6S/c1-6-33-24(30)16-9-11-27(12-10-16)20(28)14-26(3)23(29)21-15(2)25-22(34-21)17-7-8-18(31-4)19(13-17)32-5/h7-8,13,16H,6,9-12,14H2,1-5H3. The van der Waals surface area contributed by atoms with E-state index in [4.69, 9.17) is 14.2 Å². The van der Waals surface area contributed by atoms with E-state index in [-0.39, 0.29) is 30.2 Å². The Morgan fingerprint density at radius 1 is 1.15 bits per heavy atom. The summed E-state index contributed by atoms with van der Waals surface area (Å²) in [5, 5.41) is 0.683. The van der Waals surface area contributed by atoms with Crippen LogP contribution < -0.4 is 9.47 Å². The molecule has 1 aromatic carbocycles. The highest BCUT2D eigenvalue weighted by Crippen LogP contribution is 2.35. The molecule has 3 rings (SSSR count). The summed E-state index contributed by atoms with van der Waals surface area (Å²) in [5.74, 6) is 0.429. The van der Waals surface area contributed by atoms with Gasteiger partial charge in [0.15, 0.2) is 11.5 Å². The van der Waals surface area contributed by atoms with Crippen LogP contribution in [0.2, 0.25) is 0 Å². The van der Waals surface area contributed by atoms with Crippen LogP contribution in [0.15, 0.2) is 18.2 Å². The maximum atomic E-state index is 13.1. The van der Waals surface area contributed by atoms with Gasteiger partial charge in [0.05, 0.1) is 39.0 Å². The number of hydrogen-bond acceptors (Lipinski definition) is 8. The van der Waals surface area contributed by atoms with Crippen LogP contribution >= 0.6 is 11.3 Å². The van der Waals surface area contributed by atoms with Gasteiger partial charge in [-0.25, -0.2) is 4.98 Å². The number of likely N-dealkylation sites (N-methyl/N-ethyl adjacent to an activating group) is 1. The molecule has 1 aromatic heterocycles. The Morgan fingerprint density at radius 2 is 1.82 bits per heavy atom. The first-order valence-electron chi connectivity index (χ1n) is 11.2. The number of amides is 2. The molecule has 10 heteroatoms.